The van der Waals surface area contributed by atoms with E-state index in [2.05, 4.69) is 30.5 Å². The van der Waals surface area contributed by atoms with E-state index in [1.165, 1.54) is 17.0 Å². The lowest BCUT2D eigenvalue weighted by molar-refractivity contribution is -0.140. The molecular formula is C24H35N3O5S. The first-order valence-corrected chi connectivity index (χ1v) is 12.7. The zero-order chi connectivity index (χ0) is 24.3. The third kappa shape index (κ3) is 5.10. The summed E-state index contributed by atoms with van der Waals surface area (Å²) in [7, 11) is -0.611. The second-order valence-corrected chi connectivity index (χ2v) is 10.5. The van der Waals surface area contributed by atoms with Crippen LogP contribution in [0.5, 0.6) is 5.75 Å². The van der Waals surface area contributed by atoms with Crippen LogP contribution in [0.25, 0.3) is 0 Å². The number of hydrogen-bond acceptors (Lipinski definition) is 5. The lowest BCUT2D eigenvalue weighted by Gasteiger charge is -2.37. The van der Waals surface area contributed by atoms with Crippen molar-refractivity contribution in [1.82, 2.24) is 13.8 Å². The number of sulfonamides is 1. The van der Waals surface area contributed by atoms with Crippen LogP contribution in [-0.4, -0.2) is 68.6 Å². The summed E-state index contributed by atoms with van der Waals surface area (Å²) in [6.07, 6.45) is 0.830. The normalized spacial score (nSPS) is 16.2. The Labute approximate surface area is 197 Å². The molecule has 1 aliphatic rings. The Morgan fingerprint density at radius 3 is 2.42 bits per heavy atom. The maximum atomic E-state index is 13.1. The van der Waals surface area contributed by atoms with Crippen molar-refractivity contribution in [2.45, 2.75) is 51.6 Å². The Balaban J connectivity index is 1.57. The highest BCUT2D eigenvalue weighted by Gasteiger charge is 2.30. The Morgan fingerprint density at radius 2 is 1.82 bits per heavy atom. The van der Waals surface area contributed by atoms with Crippen molar-refractivity contribution >= 4 is 15.9 Å². The molecule has 8 nitrogen and oxygen atoms in total. The van der Waals surface area contributed by atoms with Crippen molar-refractivity contribution in [1.29, 1.82) is 0 Å². The molecule has 2 heterocycles. The number of rotatable bonds is 9. The van der Waals surface area contributed by atoms with Crippen molar-refractivity contribution in [2.24, 2.45) is 0 Å². The van der Waals surface area contributed by atoms with Gasteiger partial charge < -0.3 is 18.9 Å². The average Bonchev–Trinajstić information content (AvgIpc) is 3.15. The van der Waals surface area contributed by atoms with Gasteiger partial charge in [-0.3, -0.25) is 4.79 Å². The van der Waals surface area contributed by atoms with Gasteiger partial charge >= 0.3 is 0 Å². The van der Waals surface area contributed by atoms with Crippen LogP contribution in [0.2, 0.25) is 0 Å². The van der Waals surface area contributed by atoms with Crippen molar-refractivity contribution < 1.29 is 22.7 Å². The van der Waals surface area contributed by atoms with Crippen molar-refractivity contribution in [2.75, 3.05) is 40.5 Å². The van der Waals surface area contributed by atoms with Gasteiger partial charge in [-0.2, -0.15) is 4.31 Å². The van der Waals surface area contributed by atoms with E-state index in [1.54, 1.807) is 33.1 Å². The van der Waals surface area contributed by atoms with Gasteiger partial charge in [0, 0.05) is 38.1 Å². The number of likely N-dealkylation sites (N-methyl/N-ethyl adjacent to an activating group) is 1. The highest BCUT2D eigenvalue weighted by molar-refractivity contribution is 7.89. The minimum atomic E-state index is -3.69. The summed E-state index contributed by atoms with van der Waals surface area (Å²) < 4.78 is 40.6. The molecule has 1 atom stereocenters. The van der Waals surface area contributed by atoms with Crippen LogP contribution in [0.15, 0.2) is 29.2 Å². The van der Waals surface area contributed by atoms with Crippen molar-refractivity contribution in [3.8, 4) is 5.75 Å². The molecule has 1 aromatic heterocycles. The molecular weight excluding hydrogens is 442 g/mol. The molecule has 3 rings (SSSR count). The number of nitrogens with zero attached hydrogens (tertiary/aromatic N) is 3. The molecule has 33 heavy (non-hydrogen) atoms. The molecule has 0 fully saturated rings. The summed E-state index contributed by atoms with van der Waals surface area (Å²) in [5.74, 6) is 0.554. The number of methoxy groups -OCH3 is 1. The van der Waals surface area contributed by atoms with Crippen LogP contribution >= 0.6 is 0 Å². The quantitative estimate of drug-likeness (QED) is 0.519. The number of aromatic nitrogens is 1. The van der Waals surface area contributed by atoms with E-state index in [0.717, 1.165) is 18.7 Å². The average molecular weight is 478 g/mol. The number of carbonyl (C=O) groups excluding carboxylic acids is 1. The predicted octanol–water partition coefficient (Wildman–Crippen LogP) is 3.05. The molecule has 2 aromatic rings. The van der Waals surface area contributed by atoms with Gasteiger partial charge in [0.15, 0.2) is 0 Å². The van der Waals surface area contributed by atoms with Gasteiger partial charge in [-0.1, -0.05) is 6.92 Å². The van der Waals surface area contributed by atoms with E-state index in [1.807, 2.05) is 4.90 Å². The highest BCUT2D eigenvalue weighted by atomic mass is 32.2. The maximum absolute atomic E-state index is 13.1. The Hall–Kier alpha value is -2.36. The van der Waals surface area contributed by atoms with Crippen LogP contribution in [0, 0.1) is 20.8 Å². The second-order valence-electron chi connectivity index (χ2n) is 8.53. The number of aryl methyl sites for hydroxylation is 3. The van der Waals surface area contributed by atoms with Crippen LogP contribution in [0.3, 0.4) is 0 Å². The predicted molar refractivity (Wildman–Crippen MR) is 127 cm³/mol. The zero-order valence-electron chi connectivity index (χ0n) is 20.4. The van der Waals surface area contributed by atoms with E-state index >= 15 is 0 Å². The molecule has 1 aliphatic heterocycles. The molecule has 0 radical (unpaired) electrons. The van der Waals surface area contributed by atoms with Gasteiger partial charge in [0.2, 0.25) is 15.9 Å². The summed E-state index contributed by atoms with van der Waals surface area (Å²) in [5, 5.41) is 0. The fraction of sp³-hybridized carbons (Fsp3) is 0.542. The van der Waals surface area contributed by atoms with Crippen molar-refractivity contribution in [3.63, 3.8) is 0 Å². The molecule has 0 N–H and O–H groups in total. The third-order valence-electron chi connectivity index (χ3n) is 6.34. The lowest BCUT2D eigenvalue weighted by Crippen LogP contribution is -2.43. The highest BCUT2D eigenvalue weighted by Crippen LogP contribution is 2.30. The van der Waals surface area contributed by atoms with E-state index in [4.69, 9.17) is 9.47 Å². The molecule has 1 unspecified atom stereocenters. The summed E-state index contributed by atoms with van der Waals surface area (Å²) in [6.45, 7) is 9.31. The molecule has 1 aromatic carbocycles. The Bertz CT molecular complexity index is 1090. The molecule has 0 saturated heterocycles. The van der Waals surface area contributed by atoms with Crippen LogP contribution < -0.4 is 4.74 Å². The third-order valence-corrected chi connectivity index (χ3v) is 8.50. The molecule has 0 bridgehead atoms. The summed E-state index contributed by atoms with van der Waals surface area (Å²) in [5.41, 5.74) is 3.63. The lowest BCUT2D eigenvalue weighted by atomic mass is 10.1. The fourth-order valence-electron chi connectivity index (χ4n) is 4.58. The number of fused-ring (bicyclic) bond motifs is 1. The van der Waals surface area contributed by atoms with Crippen LogP contribution in [0.4, 0.5) is 0 Å². The van der Waals surface area contributed by atoms with Crippen LogP contribution in [0.1, 0.15) is 41.9 Å². The SMILES string of the molecule is CCC1c2ccc(C)n2CCN1C(=O)COCCN(C)S(=O)(=O)c1c(C)cc(OC)cc1C. The van der Waals surface area contributed by atoms with Gasteiger partial charge in [-0.25, -0.2) is 8.42 Å². The van der Waals surface area contributed by atoms with Crippen molar-refractivity contribution in [3.05, 3.63) is 46.8 Å². The second kappa shape index (κ2) is 10.3. The van der Waals surface area contributed by atoms with Gasteiger partial charge in [0.05, 0.1) is 24.7 Å². The van der Waals surface area contributed by atoms with E-state index < -0.39 is 10.0 Å². The maximum Gasteiger partial charge on any atom is 0.249 e. The zero-order valence-corrected chi connectivity index (χ0v) is 21.2. The number of carbonyl (C=O) groups is 1. The van der Waals surface area contributed by atoms with Gasteiger partial charge in [-0.05, 0) is 62.6 Å². The molecule has 0 saturated carbocycles. The standard InChI is InChI=1S/C24H35N3O5S/c1-7-21-22-9-8-19(4)26(22)10-11-27(21)23(28)16-32-13-12-25(5)33(29,30)24-17(2)14-20(31-6)15-18(24)3/h8-9,14-15,21H,7,10-13,16H2,1-6H3. The first kappa shape index (κ1) is 25.3. The molecule has 0 spiro atoms. The van der Waals surface area contributed by atoms with E-state index in [0.29, 0.717) is 23.4 Å². The first-order chi connectivity index (χ1) is 15.6. The molecule has 9 heteroatoms. The van der Waals surface area contributed by atoms with Gasteiger partial charge in [0.25, 0.3) is 0 Å². The van der Waals surface area contributed by atoms with Gasteiger partial charge in [0.1, 0.15) is 12.4 Å². The van der Waals surface area contributed by atoms with E-state index in [-0.39, 0.29) is 36.6 Å². The smallest absolute Gasteiger partial charge is 0.249 e. The topological polar surface area (TPSA) is 81.1 Å². The molecule has 0 aliphatic carbocycles. The minimum absolute atomic E-state index is 0.0348. The number of benzene rings is 1. The summed E-state index contributed by atoms with van der Waals surface area (Å²) in [4.78, 5) is 15.0. The van der Waals surface area contributed by atoms with E-state index in [9.17, 15) is 13.2 Å². The molecule has 182 valence electrons. The van der Waals surface area contributed by atoms with Crippen LogP contribution in [-0.2, 0) is 26.1 Å². The Kier molecular flexibility index (Phi) is 7.87. The summed E-state index contributed by atoms with van der Waals surface area (Å²) >= 11 is 0. The number of ether oxygens (including phenoxy) is 2. The first-order valence-electron chi connectivity index (χ1n) is 11.3. The summed E-state index contributed by atoms with van der Waals surface area (Å²) in [6, 6.07) is 7.64. The van der Waals surface area contributed by atoms with Gasteiger partial charge in [-0.15, -0.1) is 0 Å². The largest absolute Gasteiger partial charge is 0.497 e. The fourth-order valence-corrected chi connectivity index (χ4v) is 6.14. The number of hydrogen-bond donors (Lipinski definition) is 0. The Morgan fingerprint density at radius 1 is 1.15 bits per heavy atom. The minimum Gasteiger partial charge on any atom is -0.497 e. The molecule has 1 amide bonds. The monoisotopic (exact) mass is 477 g/mol. The number of amides is 1.